The van der Waals surface area contributed by atoms with Crippen LogP contribution in [0.4, 0.5) is 0 Å². The molecule has 0 bridgehead atoms. The lowest BCUT2D eigenvalue weighted by molar-refractivity contribution is 0.273. The Labute approximate surface area is 127 Å². The van der Waals surface area contributed by atoms with Gasteiger partial charge in [-0.3, -0.25) is 0 Å². The fraction of sp³-hybridized carbons (Fsp3) is 0.533. The summed E-state index contributed by atoms with van der Waals surface area (Å²) in [7, 11) is -1.67. The highest BCUT2D eigenvalue weighted by molar-refractivity contribution is 6.74. The Morgan fingerprint density at radius 3 is 2.65 bits per heavy atom. The molecule has 2 rings (SSSR count). The highest BCUT2D eigenvalue weighted by atomic mass is 35.5. The molecule has 110 valence electrons. The quantitative estimate of drug-likeness (QED) is 0.604. The third kappa shape index (κ3) is 3.08. The summed E-state index contributed by atoms with van der Waals surface area (Å²) in [5.41, 5.74) is 1.11. The van der Waals surface area contributed by atoms with Gasteiger partial charge in [-0.15, -0.1) is 0 Å². The zero-order chi connectivity index (χ0) is 15.0. The molecule has 0 spiro atoms. The molecule has 3 nitrogen and oxygen atoms in total. The van der Waals surface area contributed by atoms with Gasteiger partial charge < -0.3 is 8.99 Å². The van der Waals surface area contributed by atoms with Gasteiger partial charge in [0.15, 0.2) is 8.32 Å². The van der Waals surface area contributed by atoms with E-state index in [9.17, 15) is 0 Å². The first-order chi connectivity index (χ1) is 9.22. The van der Waals surface area contributed by atoms with Gasteiger partial charge in [0.1, 0.15) is 5.15 Å². The summed E-state index contributed by atoms with van der Waals surface area (Å²) < 4.78 is 8.39. The van der Waals surface area contributed by atoms with Crippen molar-refractivity contribution < 1.29 is 4.43 Å². The molecule has 5 heteroatoms. The minimum Gasteiger partial charge on any atom is -0.415 e. The second-order valence-corrected chi connectivity index (χ2v) is 11.8. The molecule has 0 atom stereocenters. The normalized spacial score (nSPS) is 13.1. The van der Waals surface area contributed by atoms with Gasteiger partial charge in [0.2, 0.25) is 0 Å². The molecule has 2 heterocycles. The van der Waals surface area contributed by atoms with E-state index in [1.54, 1.807) is 6.20 Å². The second-order valence-electron chi connectivity index (χ2n) is 6.65. The fourth-order valence-corrected chi connectivity index (χ4v) is 3.15. The Bertz CT molecular complexity index is 601. The van der Waals surface area contributed by atoms with Crippen LogP contribution in [0.3, 0.4) is 0 Å². The van der Waals surface area contributed by atoms with Gasteiger partial charge in [0.05, 0.1) is 12.1 Å². The largest absolute Gasteiger partial charge is 0.415 e. The van der Waals surface area contributed by atoms with Crippen LogP contribution in [0.15, 0.2) is 24.5 Å². The number of hydrogen-bond donors (Lipinski definition) is 0. The molecule has 0 saturated carbocycles. The number of fused-ring (bicyclic) bond motifs is 1. The average Bonchev–Trinajstić information content (AvgIpc) is 2.72. The molecule has 2 aromatic rings. The fourth-order valence-electron chi connectivity index (χ4n) is 1.90. The van der Waals surface area contributed by atoms with Gasteiger partial charge in [0.25, 0.3) is 0 Å². The number of nitrogens with zero attached hydrogens (tertiary/aromatic N) is 2. The highest BCUT2D eigenvalue weighted by Crippen LogP contribution is 2.36. The van der Waals surface area contributed by atoms with Crippen LogP contribution < -0.4 is 0 Å². The maximum atomic E-state index is 6.22. The van der Waals surface area contributed by atoms with E-state index in [0.717, 1.165) is 24.1 Å². The molecule has 0 saturated heterocycles. The molecule has 20 heavy (non-hydrogen) atoms. The third-order valence-electron chi connectivity index (χ3n) is 4.25. The SMILES string of the molecule is CC(C)(C)[Si](C)(C)OCCn1ccc2c(Cl)nccc21. The van der Waals surface area contributed by atoms with Gasteiger partial charge in [-0.1, -0.05) is 32.4 Å². The smallest absolute Gasteiger partial charge is 0.192 e. The molecule has 0 fully saturated rings. The summed E-state index contributed by atoms with van der Waals surface area (Å²) in [6.07, 6.45) is 3.79. The standard InChI is InChI=1S/C15H23ClN2OSi/c1-15(2,3)20(4,5)19-11-10-18-9-7-12-13(18)6-8-17-14(12)16/h6-9H,10-11H2,1-5H3. The van der Waals surface area contributed by atoms with Crippen LogP contribution in [0.25, 0.3) is 10.9 Å². The molecular formula is C15H23ClN2OSi. The monoisotopic (exact) mass is 310 g/mol. The lowest BCUT2D eigenvalue weighted by Crippen LogP contribution is -2.41. The van der Waals surface area contributed by atoms with E-state index in [1.807, 2.05) is 18.3 Å². The number of halogens is 1. The predicted molar refractivity (Wildman–Crippen MR) is 87.9 cm³/mol. The first-order valence-electron chi connectivity index (χ1n) is 6.96. The van der Waals surface area contributed by atoms with Crippen LogP contribution in [-0.4, -0.2) is 24.5 Å². The van der Waals surface area contributed by atoms with Crippen LogP contribution in [0.2, 0.25) is 23.3 Å². The van der Waals surface area contributed by atoms with E-state index in [-0.39, 0.29) is 5.04 Å². The zero-order valence-electron chi connectivity index (χ0n) is 12.9. The van der Waals surface area contributed by atoms with Crippen molar-refractivity contribution in [3.8, 4) is 0 Å². The second kappa shape index (κ2) is 5.51. The summed E-state index contributed by atoms with van der Waals surface area (Å²) in [6, 6.07) is 4.00. The maximum absolute atomic E-state index is 6.22. The van der Waals surface area contributed by atoms with Crippen LogP contribution in [-0.2, 0) is 11.0 Å². The van der Waals surface area contributed by atoms with E-state index in [4.69, 9.17) is 16.0 Å². The minimum absolute atomic E-state index is 0.249. The highest BCUT2D eigenvalue weighted by Gasteiger charge is 2.36. The Kier molecular flexibility index (Phi) is 4.28. The predicted octanol–water partition coefficient (Wildman–Crippen LogP) is 4.71. The first-order valence-corrected chi connectivity index (χ1v) is 10.2. The number of aromatic nitrogens is 2. The van der Waals surface area contributed by atoms with Crippen molar-refractivity contribution in [1.82, 2.24) is 9.55 Å². The lowest BCUT2D eigenvalue weighted by Gasteiger charge is -2.36. The first kappa shape index (κ1) is 15.5. The van der Waals surface area contributed by atoms with Crippen LogP contribution in [0.5, 0.6) is 0 Å². The third-order valence-corrected chi connectivity index (χ3v) is 9.09. The summed E-state index contributed by atoms with van der Waals surface area (Å²) in [6.45, 7) is 12.9. The van der Waals surface area contributed by atoms with Crippen LogP contribution in [0, 0.1) is 0 Å². The van der Waals surface area contributed by atoms with Crippen molar-refractivity contribution in [2.24, 2.45) is 0 Å². The summed E-state index contributed by atoms with van der Waals surface area (Å²) >= 11 is 6.09. The van der Waals surface area contributed by atoms with Gasteiger partial charge in [0, 0.05) is 24.3 Å². The average molecular weight is 311 g/mol. The van der Waals surface area contributed by atoms with Crippen molar-refractivity contribution in [3.05, 3.63) is 29.7 Å². The number of hydrogen-bond acceptors (Lipinski definition) is 2. The molecule has 0 aliphatic heterocycles. The van der Waals surface area contributed by atoms with E-state index in [2.05, 4.69) is 43.4 Å². The minimum atomic E-state index is -1.67. The van der Waals surface area contributed by atoms with Gasteiger partial charge in [-0.2, -0.15) is 0 Å². The van der Waals surface area contributed by atoms with Crippen LogP contribution in [0.1, 0.15) is 20.8 Å². The van der Waals surface area contributed by atoms with Gasteiger partial charge in [-0.05, 0) is 30.3 Å². The van der Waals surface area contributed by atoms with E-state index >= 15 is 0 Å². The molecule has 0 amide bonds. The summed E-state index contributed by atoms with van der Waals surface area (Å²) in [5.74, 6) is 0. The van der Waals surface area contributed by atoms with E-state index in [1.165, 1.54) is 0 Å². The summed E-state index contributed by atoms with van der Waals surface area (Å²) in [5, 5.41) is 1.81. The molecule has 2 aromatic heterocycles. The maximum Gasteiger partial charge on any atom is 0.192 e. The Morgan fingerprint density at radius 2 is 2.00 bits per heavy atom. The summed E-state index contributed by atoms with van der Waals surface area (Å²) in [4.78, 5) is 4.10. The molecule has 0 unspecified atom stereocenters. The Hall–Kier alpha value is -0.843. The van der Waals surface area contributed by atoms with E-state index in [0.29, 0.717) is 5.15 Å². The molecule has 0 aromatic carbocycles. The molecule has 0 N–H and O–H groups in total. The number of pyridine rings is 1. The van der Waals surface area contributed by atoms with Gasteiger partial charge >= 0.3 is 0 Å². The topological polar surface area (TPSA) is 27.1 Å². The Morgan fingerprint density at radius 1 is 1.30 bits per heavy atom. The Balaban J connectivity index is 2.06. The van der Waals surface area contributed by atoms with E-state index < -0.39 is 8.32 Å². The number of rotatable bonds is 4. The molecule has 0 aliphatic rings. The van der Waals surface area contributed by atoms with Crippen molar-refractivity contribution in [2.75, 3.05) is 6.61 Å². The zero-order valence-corrected chi connectivity index (χ0v) is 14.7. The molecule has 0 aliphatic carbocycles. The van der Waals surface area contributed by atoms with Crippen molar-refractivity contribution in [1.29, 1.82) is 0 Å². The molecule has 0 radical (unpaired) electrons. The van der Waals surface area contributed by atoms with Crippen molar-refractivity contribution >= 4 is 30.8 Å². The van der Waals surface area contributed by atoms with Gasteiger partial charge in [-0.25, -0.2) is 4.98 Å². The van der Waals surface area contributed by atoms with Crippen molar-refractivity contribution in [3.63, 3.8) is 0 Å². The van der Waals surface area contributed by atoms with Crippen molar-refractivity contribution in [2.45, 2.75) is 45.4 Å². The molecular weight excluding hydrogens is 288 g/mol. The lowest BCUT2D eigenvalue weighted by atomic mass is 10.2. The van der Waals surface area contributed by atoms with Crippen LogP contribution >= 0.6 is 11.6 Å².